The molecular weight excluding hydrogens is 503 g/mol. The SMILES string of the molecule is CC(C)(O)CN1Cc2cc(-c3sc(C(=O)N4CCCC(N)C4)cc3-c3ccc(C#N)c(F)c3)ccc2C1=O. The number of nitriles is 1. The minimum absolute atomic E-state index is 0.0490. The van der Waals surface area contributed by atoms with Gasteiger partial charge >= 0.3 is 0 Å². The summed E-state index contributed by atoms with van der Waals surface area (Å²) in [6, 6.07) is 13.5. The smallest absolute Gasteiger partial charge is 0.264 e. The highest BCUT2D eigenvalue weighted by molar-refractivity contribution is 7.18. The molecule has 2 aliphatic rings. The fourth-order valence-corrected chi connectivity index (χ4v) is 6.31. The fraction of sp³-hybridized carbons (Fsp3) is 0.345. The highest BCUT2D eigenvalue weighted by Crippen LogP contribution is 2.42. The molecule has 9 heteroatoms. The number of nitrogens with zero attached hydrogens (tertiary/aromatic N) is 3. The summed E-state index contributed by atoms with van der Waals surface area (Å²) in [7, 11) is 0. The number of likely N-dealkylation sites (tertiary alicyclic amines) is 1. The summed E-state index contributed by atoms with van der Waals surface area (Å²) in [6.07, 6.45) is 1.73. The van der Waals surface area contributed by atoms with Crippen molar-refractivity contribution in [2.75, 3.05) is 19.6 Å². The molecule has 0 bridgehead atoms. The quantitative estimate of drug-likeness (QED) is 0.507. The average molecular weight is 533 g/mol. The molecule has 0 spiro atoms. The minimum atomic E-state index is -1.02. The first kappa shape index (κ1) is 26.0. The van der Waals surface area contributed by atoms with Crippen LogP contribution >= 0.6 is 11.3 Å². The third-order valence-electron chi connectivity index (χ3n) is 6.91. The van der Waals surface area contributed by atoms with Gasteiger partial charge in [0, 0.05) is 48.2 Å². The number of β-amino-alcohol motifs (C(OH)–C–C–N with tert-alkyl or cyclic N) is 1. The molecule has 1 aromatic heterocycles. The first-order valence-electron chi connectivity index (χ1n) is 12.6. The molecule has 2 amide bonds. The second-order valence-electron chi connectivity index (χ2n) is 10.7. The largest absolute Gasteiger partial charge is 0.389 e. The van der Waals surface area contributed by atoms with Crippen LogP contribution in [0.2, 0.25) is 0 Å². The number of aliphatic hydroxyl groups is 1. The number of piperidine rings is 1. The van der Waals surface area contributed by atoms with Gasteiger partial charge in [-0.3, -0.25) is 9.59 Å². The Morgan fingerprint density at radius 3 is 2.66 bits per heavy atom. The van der Waals surface area contributed by atoms with Crippen LogP contribution in [0.5, 0.6) is 0 Å². The molecule has 7 nitrogen and oxygen atoms in total. The second-order valence-corrected chi connectivity index (χ2v) is 11.7. The van der Waals surface area contributed by atoms with Crippen molar-refractivity contribution in [3.8, 4) is 27.6 Å². The van der Waals surface area contributed by atoms with Gasteiger partial charge < -0.3 is 20.6 Å². The normalized spacial score (nSPS) is 17.5. The van der Waals surface area contributed by atoms with Gasteiger partial charge in [0.1, 0.15) is 11.9 Å². The average Bonchev–Trinajstić information content (AvgIpc) is 3.44. The van der Waals surface area contributed by atoms with Crippen LogP contribution in [0.1, 0.15) is 57.8 Å². The topological polar surface area (TPSA) is 111 Å². The van der Waals surface area contributed by atoms with Gasteiger partial charge in [0.25, 0.3) is 11.8 Å². The van der Waals surface area contributed by atoms with Gasteiger partial charge in [-0.05, 0) is 73.7 Å². The predicted molar refractivity (Wildman–Crippen MR) is 144 cm³/mol. The van der Waals surface area contributed by atoms with Gasteiger partial charge in [0.2, 0.25) is 0 Å². The summed E-state index contributed by atoms with van der Waals surface area (Å²) in [4.78, 5) is 31.0. The number of benzene rings is 2. The van der Waals surface area contributed by atoms with Crippen LogP contribution in [0.15, 0.2) is 42.5 Å². The van der Waals surface area contributed by atoms with E-state index in [2.05, 4.69) is 0 Å². The third kappa shape index (κ3) is 5.07. The molecule has 1 unspecified atom stereocenters. The molecule has 2 aromatic carbocycles. The highest BCUT2D eigenvalue weighted by Gasteiger charge is 2.32. The summed E-state index contributed by atoms with van der Waals surface area (Å²) in [5.41, 5.74) is 8.50. The number of halogens is 1. The van der Waals surface area contributed by atoms with Crippen molar-refractivity contribution < 1.29 is 19.1 Å². The minimum Gasteiger partial charge on any atom is -0.389 e. The Bertz CT molecular complexity index is 1470. The van der Waals surface area contributed by atoms with E-state index in [9.17, 15) is 19.1 Å². The lowest BCUT2D eigenvalue weighted by Crippen LogP contribution is -2.45. The third-order valence-corrected chi connectivity index (χ3v) is 8.08. The second kappa shape index (κ2) is 9.95. The number of fused-ring (bicyclic) bond motifs is 1. The molecule has 38 heavy (non-hydrogen) atoms. The zero-order valence-corrected chi connectivity index (χ0v) is 22.1. The molecule has 1 saturated heterocycles. The van der Waals surface area contributed by atoms with Gasteiger partial charge in [0.05, 0.1) is 16.0 Å². The summed E-state index contributed by atoms with van der Waals surface area (Å²) in [6.45, 7) is 5.04. The molecule has 0 saturated carbocycles. The molecule has 3 aromatic rings. The number of hydrogen-bond acceptors (Lipinski definition) is 6. The van der Waals surface area contributed by atoms with Crippen molar-refractivity contribution in [3.63, 3.8) is 0 Å². The van der Waals surface area contributed by atoms with Crippen molar-refractivity contribution in [1.29, 1.82) is 5.26 Å². The maximum Gasteiger partial charge on any atom is 0.264 e. The van der Waals surface area contributed by atoms with E-state index in [1.54, 1.807) is 41.8 Å². The zero-order valence-electron chi connectivity index (χ0n) is 21.3. The molecule has 1 fully saturated rings. The number of thiophene rings is 1. The maximum absolute atomic E-state index is 14.6. The summed E-state index contributed by atoms with van der Waals surface area (Å²) < 4.78 is 14.6. The number of nitrogens with two attached hydrogens (primary N) is 1. The Kier molecular flexibility index (Phi) is 6.82. The van der Waals surface area contributed by atoms with Gasteiger partial charge in [-0.2, -0.15) is 5.26 Å². The van der Waals surface area contributed by atoms with Crippen molar-refractivity contribution in [2.45, 2.75) is 44.9 Å². The van der Waals surface area contributed by atoms with Crippen LogP contribution in [0.3, 0.4) is 0 Å². The van der Waals surface area contributed by atoms with Crippen LogP contribution in [-0.4, -0.2) is 58.0 Å². The van der Waals surface area contributed by atoms with E-state index in [4.69, 9.17) is 11.0 Å². The Labute approximate surface area is 224 Å². The van der Waals surface area contributed by atoms with Gasteiger partial charge in [-0.15, -0.1) is 11.3 Å². The van der Waals surface area contributed by atoms with Crippen molar-refractivity contribution in [1.82, 2.24) is 9.80 Å². The van der Waals surface area contributed by atoms with Crippen molar-refractivity contribution in [2.24, 2.45) is 5.73 Å². The number of amides is 2. The fourth-order valence-electron chi connectivity index (χ4n) is 5.17. The molecular formula is C29H29FN4O3S. The Morgan fingerprint density at radius 2 is 1.97 bits per heavy atom. The number of carbonyl (C=O) groups is 2. The summed E-state index contributed by atoms with van der Waals surface area (Å²) in [5, 5.41) is 19.4. The number of carbonyl (C=O) groups excluding carboxylic acids is 2. The highest BCUT2D eigenvalue weighted by atomic mass is 32.1. The van der Waals surface area contributed by atoms with E-state index < -0.39 is 11.4 Å². The van der Waals surface area contributed by atoms with Gasteiger partial charge in [0.15, 0.2) is 0 Å². The standard InChI is InChI=1S/C29H29FN4O3S/c1-29(2,37)16-34-14-20-10-18(7-8-22(20)27(34)35)26-23(17-5-6-19(13-31)24(30)11-17)12-25(38-26)28(36)33-9-3-4-21(32)15-33/h5-8,10-12,21,37H,3-4,9,14-16,32H2,1-2H3. The summed E-state index contributed by atoms with van der Waals surface area (Å²) in [5.74, 6) is -0.871. The van der Waals surface area contributed by atoms with E-state index in [1.807, 2.05) is 18.2 Å². The van der Waals surface area contributed by atoms with Crippen LogP contribution in [0, 0.1) is 17.1 Å². The Morgan fingerprint density at radius 1 is 1.21 bits per heavy atom. The molecule has 3 N–H and O–H groups in total. The van der Waals surface area contributed by atoms with E-state index in [1.165, 1.54) is 23.5 Å². The lowest BCUT2D eigenvalue weighted by atomic mass is 9.98. The molecule has 1 atom stereocenters. The van der Waals surface area contributed by atoms with Crippen LogP contribution < -0.4 is 5.73 Å². The lowest BCUT2D eigenvalue weighted by Gasteiger charge is -2.30. The first-order chi connectivity index (χ1) is 18.0. The van der Waals surface area contributed by atoms with Crippen molar-refractivity contribution >= 4 is 23.2 Å². The molecule has 3 heterocycles. The van der Waals surface area contributed by atoms with Crippen molar-refractivity contribution in [3.05, 3.63) is 69.8 Å². The van der Waals surface area contributed by atoms with Crippen LogP contribution in [0.4, 0.5) is 4.39 Å². The van der Waals surface area contributed by atoms with Gasteiger partial charge in [-0.25, -0.2) is 4.39 Å². The molecule has 196 valence electrons. The predicted octanol–water partition coefficient (Wildman–Crippen LogP) is 4.38. The number of hydrogen-bond donors (Lipinski definition) is 2. The van der Waals surface area contributed by atoms with Crippen LogP contribution in [-0.2, 0) is 6.54 Å². The molecule has 0 radical (unpaired) electrons. The summed E-state index contributed by atoms with van der Waals surface area (Å²) >= 11 is 1.33. The first-order valence-corrected chi connectivity index (χ1v) is 13.4. The van der Waals surface area contributed by atoms with E-state index >= 15 is 0 Å². The maximum atomic E-state index is 14.6. The Hall–Kier alpha value is -3.58. The van der Waals surface area contributed by atoms with E-state index in [0.29, 0.717) is 41.2 Å². The number of rotatable bonds is 5. The molecule has 5 rings (SSSR count). The zero-order chi connectivity index (χ0) is 27.2. The van der Waals surface area contributed by atoms with E-state index in [0.717, 1.165) is 28.8 Å². The Balaban J connectivity index is 1.56. The van der Waals surface area contributed by atoms with Gasteiger partial charge in [-0.1, -0.05) is 12.1 Å². The monoisotopic (exact) mass is 532 g/mol. The lowest BCUT2D eigenvalue weighted by molar-refractivity contribution is 0.0314. The van der Waals surface area contributed by atoms with E-state index in [-0.39, 0.29) is 30.0 Å². The molecule has 2 aliphatic heterocycles. The van der Waals surface area contributed by atoms with Crippen LogP contribution in [0.25, 0.3) is 21.6 Å². The molecule has 0 aliphatic carbocycles.